The molecule has 3 rings (SSSR count). The van der Waals surface area contributed by atoms with E-state index in [1.165, 1.54) is 57.5 Å². The molecule has 2 aliphatic heterocycles. The van der Waals surface area contributed by atoms with Crippen molar-refractivity contribution in [2.75, 3.05) is 38.1 Å². The van der Waals surface area contributed by atoms with Crippen LogP contribution in [-0.4, -0.2) is 43.1 Å². The van der Waals surface area contributed by atoms with Crippen LogP contribution in [0.4, 0.5) is 5.69 Å². The predicted octanol–water partition coefficient (Wildman–Crippen LogP) is 3.42. The summed E-state index contributed by atoms with van der Waals surface area (Å²) in [6.45, 7) is 8.97. The molecule has 0 aromatic carbocycles. The van der Waals surface area contributed by atoms with Crippen LogP contribution in [0.2, 0.25) is 0 Å². The first-order valence-electron chi connectivity index (χ1n) is 8.11. The van der Waals surface area contributed by atoms with Crippen LogP contribution in [0.1, 0.15) is 39.5 Å². The third-order valence-electron chi connectivity index (χ3n) is 4.54. The molecule has 1 aromatic rings. The van der Waals surface area contributed by atoms with Crippen molar-refractivity contribution < 1.29 is 0 Å². The molecule has 1 aromatic heterocycles. The van der Waals surface area contributed by atoms with Gasteiger partial charge in [0.15, 0.2) is 0 Å². The van der Waals surface area contributed by atoms with Gasteiger partial charge in [-0.05, 0) is 51.4 Å². The molecule has 2 saturated heterocycles. The smallest absolute Gasteiger partial charge is 0.0397 e. The van der Waals surface area contributed by atoms with Gasteiger partial charge in [0.2, 0.25) is 0 Å². The number of nitrogens with zero attached hydrogens (tertiary/aromatic N) is 3. The molecule has 1 spiro atoms. The van der Waals surface area contributed by atoms with Crippen molar-refractivity contribution in [3.05, 3.63) is 24.5 Å². The van der Waals surface area contributed by atoms with Crippen LogP contribution in [0, 0.1) is 5.41 Å². The SMILES string of the molecule is CC.CN1CCCC2(CCCN(c3ccncc3)C2)C1. The fourth-order valence-electron chi connectivity index (χ4n) is 3.77. The molecule has 3 nitrogen and oxygen atoms in total. The van der Waals surface area contributed by atoms with E-state index in [1.807, 2.05) is 26.2 Å². The molecule has 0 saturated carbocycles. The van der Waals surface area contributed by atoms with Crippen LogP contribution in [0.15, 0.2) is 24.5 Å². The Morgan fingerprint density at radius 3 is 2.30 bits per heavy atom. The van der Waals surface area contributed by atoms with Crippen molar-refractivity contribution in [3.63, 3.8) is 0 Å². The Hall–Kier alpha value is -1.09. The summed E-state index contributed by atoms with van der Waals surface area (Å²) in [6, 6.07) is 4.29. The Morgan fingerprint density at radius 1 is 1.00 bits per heavy atom. The number of hydrogen-bond donors (Lipinski definition) is 0. The van der Waals surface area contributed by atoms with Gasteiger partial charge >= 0.3 is 0 Å². The highest BCUT2D eigenvalue weighted by molar-refractivity contribution is 5.45. The van der Waals surface area contributed by atoms with E-state index in [4.69, 9.17) is 0 Å². The van der Waals surface area contributed by atoms with Gasteiger partial charge in [-0.2, -0.15) is 0 Å². The van der Waals surface area contributed by atoms with Gasteiger partial charge in [0.05, 0.1) is 0 Å². The summed E-state index contributed by atoms with van der Waals surface area (Å²) < 4.78 is 0. The van der Waals surface area contributed by atoms with Crippen molar-refractivity contribution in [2.24, 2.45) is 5.41 Å². The second-order valence-corrected chi connectivity index (χ2v) is 6.07. The number of piperidine rings is 2. The lowest BCUT2D eigenvalue weighted by atomic mass is 9.74. The molecule has 1 unspecified atom stereocenters. The Kier molecular flexibility index (Phi) is 5.41. The summed E-state index contributed by atoms with van der Waals surface area (Å²) in [5.41, 5.74) is 1.88. The number of hydrogen-bond acceptors (Lipinski definition) is 3. The molecular weight excluding hydrogens is 246 g/mol. The first-order chi connectivity index (χ1) is 9.77. The number of likely N-dealkylation sites (tertiary alicyclic amines) is 1. The summed E-state index contributed by atoms with van der Waals surface area (Å²) in [4.78, 5) is 9.19. The lowest BCUT2D eigenvalue weighted by molar-refractivity contribution is 0.0910. The van der Waals surface area contributed by atoms with Crippen LogP contribution in [-0.2, 0) is 0 Å². The zero-order chi connectivity index (χ0) is 14.4. The van der Waals surface area contributed by atoms with Gasteiger partial charge in [-0.1, -0.05) is 13.8 Å². The molecule has 20 heavy (non-hydrogen) atoms. The predicted molar refractivity (Wildman–Crippen MR) is 86.2 cm³/mol. The fourth-order valence-corrected chi connectivity index (χ4v) is 3.77. The highest BCUT2D eigenvalue weighted by atomic mass is 15.2. The minimum atomic E-state index is 0.536. The maximum Gasteiger partial charge on any atom is 0.0397 e. The largest absolute Gasteiger partial charge is 0.371 e. The van der Waals surface area contributed by atoms with Crippen molar-refractivity contribution in [1.29, 1.82) is 0 Å². The van der Waals surface area contributed by atoms with Gasteiger partial charge in [0.25, 0.3) is 0 Å². The first kappa shape index (κ1) is 15.3. The van der Waals surface area contributed by atoms with E-state index >= 15 is 0 Å². The molecule has 3 heteroatoms. The summed E-state index contributed by atoms with van der Waals surface area (Å²) in [7, 11) is 2.27. The Bertz CT molecular complexity index is 388. The van der Waals surface area contributed by atoms with Crippen LogP contribution < -0.4 is 4.90 Å². The van der Waals surface area contributed by atoms with E-state index in [2.05, 4.69) is 34.0 Å². The topological polar surface area (TPSA) is 19.4 Å². The zero-order valence-corrected chi connectivity index (χ0v) is 13.3. The number of aromatic nitrogens is 1. The number of rotatable bonds is 1. The van der Waals surface area contributed by atoms with Crippen LogP contribution >= 0.6 is 0 Å². The molecule has 112 valence electrons. The minimum absolute atomic E-state index is 0.536. The van der Waals surface area contributed by atoms with E-state index in [-0.39, 0.29) is 0 Å². The van der Waals surface area contributed by atoms with Crippen LogP contribution in [0.5, 0.6) is 0 Å². The average molecular weight is 275 g/mol. The molecule has 0 bridgehead atoms. The van der Waals surface area contributed by atoms with Gasteiger partial charge in [0.1, 0.15) is 0 Å². The lowest BCUT2D eigenvalue weighted by Crippen LogP contribution is -2.51. The average Bonchev–Trinajstić information content (AvgIpc) is 2.50. The highest BCUT2D eigenvalue weighted by Gasteiger charge is 2.38. The highest BCUT2D eigenvalue weighted by Crippen LogP contribution is 2.39. The van der Waals surface area contributed by atoms with Crippen molar-refractivity contribution in [1.82, 2.24) is 9.88 Å². The zero-order valence-electron chi connectivity index (χ0n) is 13.3. The third-order valence-corrected chi connectivity index (χ3v) is 4.54. The van der Waals surface area contributed by atoms with Crippen LogP contribution in [0.3, 0.4) is 0 Å². The molecule has 2 fully saturated rings. The standard InChI is InChI=1S/C15H23N3.C2H6/c1-17-10-2-6-15(12-17)7-3-11-18(13-15)14-4-8-16-9-5-14;1-2/h4-5,8-9H,2-3,6-7,10-13H2,1H3;1-2H3. The Balaban J connectivity index is 0.000000704. The normalized spacial score (nSPS) is 27.1. The Labute approximate surface area is 124 Å². The van der Waals surface area contributed by atoms with Crippen molar-refractivity contribution in [2.45, 2.75) is 39.5 Å². The maximum absolute atomic E-state index is 4.12. The first-order valence-corrected chi connectivity index (χ1v) is 8.11. The maximum atomic E-state index is 4.12. The molecule has 0 N–H and O–H groups in total. The van der Waals surface area contributed by atoms with Crippen LogP contribution in [0.25, 0.3) is 0 Å². The molecule has 0 radical (unpaired) electrons. The molecule has 2 aliphatic rings. The second-order valence-electron chi connectivity index (χ2n) is 6.07. The van der Waals surface area contributed by atoms with Gasteiger partial charge in [-0.3, -0.25) is 4.98 Å². The molecule has 0 aliphatic carbocycles. The fraction of sp³-hybridized carbons (Fsp3) is 0.706. The summed E-state index contributed by atoms with van der Waals surface area (Å²) in [5.74, 6) is 0. The third kappa shape index (κ3) is 3.51. The molecular formula is C17H29N3. The van der Waals surface area contributed by atoms with Crippen molar-refractivity contribution in [3.8, 4) is 0 Å². The van der Waals surface area contributed by atoms with Gasteiger partial charge < -0.3 is 9.80 Å². The summed E-state index contributed by atoms with van der Waals surface area (Å²) in [6.07, 6.45) is 9.31. The van der Waals surface area contributed by atoms with E-state index in [0.29, 0.717) is 5.41 Å². The summed E-state index contributed by atoms with van der Waals surface area (Å²) in [5, 5.41) is 0. The van der Waals surface area contributed by atoms with E-state index in [1.54, 1.807) is 0 Å². The number of pyridine rings is 1. The van der Waals surface area contributed by atoms with E-state index in [0.717, 1.165) is 0 Å². The monoisotopic (exact) mass is 275 g/mol. The van der Waals surface area contributed by atoms with E-state index in [9.17, 15) is 0 Å². The summed E-state index contributed by atoms with van der Waals surface area (Å²) >= 11 is 0. The van der Waals surface area contributed by atoms with E-state index < -0.39 is 0 Å². The molecule has 0 amide bonds. The van der Waals surface area contributed by atoms with Gasteiger partial charge in [-0.25, -0.2) is 0 Å². The van der Waals surface area contributed by atoms with Gasteiger partial charge in [0, 0.05) is 43.1 Å². The lowest BCUT2D eigenvalue weighted by Gasteiger charge is -2.48. The second kappa shape index (κ2) is 7.07. The van der Waals surface area contributed by atoms with Gasteiger partial charge in [-0.15, -0.1) is 0 Å². The number of anilines is 1. The quantitative estimate of drug-likeness (QED) is 0.783. The Morgan fingerprint density at radius 2 is 1.65 bits per heavy atom. The molecule has 1 atom stereocenters. The minimum Gasteiger partial charge on any atom is -0.371 e. The van der Waals surface area contributed by atoms with Crippen molar-refractivity contribution >= 4 is 5.69 Å². The molecule has 3 heterocycles.